The SMILES string of the molecule is C[C@@H](O)[C@@H]1c2ccccc2-c2cncn21. The van der Waals surface area contributed by atoms with Gasteiger partial charge in [-0.05, 0) is 12.5 Å². The maximum absolute atomic E-state index is 9.82. The molecule has 2 aromatic rings. The van der Waals surface area contributed by atoms with Crippen LogP contribution in [-0.2, 0) is 0 Å². The van der Waals surface area contributed by atoms with Crippen molar-refractivity contribution in [3.8, 4) is 11.3 Å². The fourth-order valence-corrected chi connectivity index (χ4v) is 2.37. The van der Waals surface area contributed by atoms with Crippen LogP contribution in [0.3, 0.4) is 0 Å². The summed E-state index contributed by atoms with van der Waals surface area (Å²) in [5.74, 6) is 0. The molecule has 0 bridgehead atoms. The monoisotopic (exact) mass is 200 g/mol. The summed E-state index contributed by atoms with van der Waals surface area (Å²) in [5.41, 5.74) is 3.46. The van der Waals surface area contributed by atoms with Gasteiger partial charge >= 0.3 is 0 Å². The molecule has 1 aliphatic rings. The molecular weight excluding hydrogens is 188 g/mol. The second-order valence-corrected chi connectivity index (χ2v) is 3.96. The van der Waals surface area contributed by atoms with E-state index in [0.717, 1.165) is 5.69 Å². The zero-order chi connectivity index (χ0) is 10.4. The molecule has 3 nitrogen and oxygen atoms in total. The predicted octanol–water partition coefficient (Wildman–Crippen LogP) is 1.83. The van der Waals surface area contributed by atoms with Crippen molar-refractivity contribution in [3.63, 3.8) is 0 Å². The first-order valence-corrected chi connectivity index (χ1v) is 5.08. The zero-order valence-electron chi connectivity index (χ0n) is 8.46. The summed E-state index contributed by atoms with van der Waals surface area (Å²) >= 11 is 0. The second-order valence-electron chi connectivity index (χ2n) is 3.96. The van der Waals surface area contributed by atoms with Gasteiger partial charge in [-0.15, -0.1) is 0 Å². The molecule has 0 aliphatic carbocycles. The second kappa shape index (κ2) is 2.94. The topological polar surface area (TPSA) is 38.1 Å². The zero-order valence-corrected chi connectivity index (χ0v) is 8.46. The maximum Gasteiger partial charge on any atom is 0.0957 e. The smallest absolute Gasteiger partial charge is 0.0957 e. The average Bonchev–Trinajstić information content (AvgIpc) is 2.75. The van der Waals surface area contributed by atoms with Crippen molar-refractivity contribution in [2.24, 2.45) is 0 Å². The normalized spacial score (nSPS) is 19.7. The van der Waals surface area contributed by atoms with Crippen LogP contribution in [0.2, 0.25) is 0 Å². The van der Waals surface area contributed by atoms with Gasteiger partial charge in [-0.25, -0.2) is 4.98 Å². The van der Waals surface area contributed by atoms with E-state index in [1.54, 1.807) is 6.33 Å². The number of aliphatic hydroxyl groups is 1. The van der Waals surface area contributed by atoms with Crippen molar-refractivity contribution in [1.29, 1.82) is 0 Å². The molecule has 0 saturated carbocycles. The van der Waals surface area contributed by atoms with Gasteiger partial charge < -0.3 is 9.67 Å². The van der Waals surface area contributed by atoms with Gasteiger partial charge in [-0.1, -0.05) is 24.3 Å². The summed E-state index contributed by atoms with van der Waals surface area (Å²) in [5, 5.41) is 9.82. The Labute approximate surface area is 88.0 Å². The standard InChI is InChI=1S/C12H12N2O/c1-8(15)12-10-5-3-2-4-9(10)11-6-13-7-14(11)12/h2-8,12,15H,1H3/t8-,12-/m1/s1. The highest BCUT2D eigenvalue weighted by atomic mass is 16.3. The van der Waals surface area contributed by atoms with Gasteiger partial charge in [0, 0.05) is 5.56 Å². The molecule has 0 radical (unpaired) electrons. The molecule has 1 aliphatic heterocycles. The van der Waals surface area contributed by atoms with Crippen LogP contribution in [-0.4, -0.2) is 20.8 Å². The molecule has 3 rings (SSSR count). The van der Waals surface area contributed by atoms with Gasteiger partial charge in [-0.2, -0.15) is 0 Å². The molecule has 0 amide bonds. The number of hydrogen-bond donors (Lipinski definition) is 1. The molecule has 76 valence electrons. The quantitative estimate of drug-likeness (QED) is 0.762. The minimum absolute atomic E-state index is 0.0127. The molecule has 0 fully saturated rings. The van der Waals surface area contributed by atoms with E-state index >= 15 is 0 Å². The lowest BCUT2D eigenvalue weighted by Crippen LogP contribution is -2.18. The van der Waals surface area contributed by atoms with Gasteiger partial charge in [0.05, 0.1) is 30.4 Å². The lowest BCUT2D eigenvalue weighted by Gasteiger charge is -2.17. The summed E-state index contributed by atoms with van der Waals surface area (Å²) in [6.07, 6.45) is 3.23. The molecule has 15 heavy (non-hydrogen) atoms. The van der Waals surface area contributed by atoms with E-state index < -0.39 is 6.10 Å². The minimum atomic E-state index is -0.401. The number of nitrogens with zero attached hydrogens (tertiary/aromatic N) is 2. The van der Waals surface area contributed by atoms with Crippen LogP contribution < -0.4 is 0 Å². The highest BCUT2D eigenvalue weighted by Gasteiger charge is 2.30. The summed E-state index contributed by atoms with van der Waals surface area (Å²) < 4.78 is 2.04. The number of aliphatic hydroxyl groups excluding tert-OH is 1. The summed E-state index contributed by atoms with van der Waals surface area (Å²) in [6.45, 7) is 1.82. The fraction of sp³-hybridized carbons (Fsp3) is 0.250. The number of imidazole rings is 1. The van der Waals surface area contributed by atoms with Crippen molar-refractivity contribution >= 4 is 0 Å². The molecule has 0 saturated heterocycles. The van der Waals surface area contributed by atoms with Crippen LogP contribution in [0.1, 0.15) is 18.5 Å². The Balaban J connectivity index is 2.28. The molecular formula is C12H12N2O. The van der Waals surface area contributed by atoms with Crippen LogP contribution in [0.4, 0.5) is 0 Å². The van der Waals surface area contributed by atoms with Crippen molar-refractivity contribution < 1.29 is 5.11 Å². The third-order valence-corrected chi connectivity index (χ3v) is 2.98. The highest BCUT2D eigenvalue weighted by Crippen LogP contribution is 2.40. The van der Waals surface area contributed by atoms with E-state index in [-0.39, 0.29) is 6.04 Å². The van der Waals surface area contributed by atoms with E-state index in [0.29, 0.717) is 0 Å². The van der Waals surface area contributed by atoms with Crippen molar-refractivity contribution in [2.45, 2.75) is 19.1 Å². The Morgan fingerprint density at radius 3 is 3.00 bits per heavy atom. The van der Waals surface area contributed by atoms with Gasteiger partial charge in [0.2, 0.25) is 0 Å². The van der Waals surface area contributed by atoms with E-state index in [2.05, 4.69) is 17.1 Å². The molecule has 2 heterocycles. The molecule has 1 aromatic carbocycles. The molecule has 1 N–H and O–H groups in total. The van der Waals surface area contributed by atoms with Crippen molar-refractivity contribution in [3.05, 3.63) is 42.4 Å². The first-order chi connectivity index (χ1) is 7.29. The van der Waals surface area contributed by atoms with Crippen LogP contribution >= 0.6 is 0 Å². The van der Waals surface area contributed by atoms with E-state index in [1.807, 2.05) is 29.8 Å². The number of benzene rings is 1. The molecule has 1 aromatic heterocycles. The lowest BCUT2D eigenvalue weighted by atomic mass is 10.0. The summed E-state index contributed by atoms with van der Waals surface area (Å²) in [4.78, 5) is 4.13. The van der Waals surface area contributed by atoms with Crippen LogP contribution in [0, 0.1) is 0 Å². The van der Waals surface area contributed by atoms with E-state index in [4.69, 9.17) is 0 Å². The van der Waals surface area contributed by atoms with Gasteiger partial charge in [0.15, 0.2) is 0 Å². The predicted molar refractivity (Wildman–Crippen MR) is 57.5 cm³/mol. The van der Waals surface area contributed by atoms with Crippen molar-refractivity contribution in [2.75, 3.05) is 0 Å². The Morgan fingerprint density at radius 2 is 2.20 bits per heavy atom. The maximum atomic E-state index is 9.82. The van der Waals surface area contributed by atoms with Crippen LogP contribution in [0.5, 0.6) is 0 Å². The Morgan fingerprint density at radius 1 is 1.40 bits per heavy atom. The largest absolute Gasteiger partial charge is 0.391 e. The Kier molecular flexibility index (Phi) is 1.70. The van der Waals surface area contributed by atoms with Crippen LogP contribution in [0.25, 0.3) is 11.3 Å². The van der Waals surface area contributed by atoms with Gasteiger partial charge in [-0.3, -0.25) is 0 Å². The van der Waals surface area contributed by atoms with Gasteiger partial charge in [0.1, 0.15) is 0 Å². The number of rotatable bonds is 1. The molecule has 0 unspecified atom stereocenters. The van der Waals surface area contributed by atoms with Crippen molar-refractivity contribution in [1.82, 2.24) is 9.55 Å². The number of aromatic nitrogens is 2. The molecule has 3 heteroatoms. The molecule has 0 spiro atoms. The average molecular weight is 200 g/mol. The highest BCUT2D eigenvalue weighted by molar-refractivity contribution is 5.69. The molecule has 2 atom stereocenters. The Bertz CT molecular complexity index is 502. The summed E-state index contributed by atoms with van der Waals surface area (Å²) in [7, 11) is 0. The van der Waals surface area contributed by atoms with E-state index in [1.165, 1.54) is 11.1 Å². The number of hydrogen-bond acceptors (Lipinski definition) is 2. The fourth-order valence-electron chi connectivity index (χ4n) is 2.37. The van der Waals surface area contributed by atoms with Crippen LogP contribution in [0.15, 0.2) is 36.8 Å². The van der Waals surface area contributed by atoms with Gasteiger partial charge in [0.25, 0.3) is 0 Å². The van der Waals surface area contributed by atoms with E-state index in [9.17, 15) is 5.11 Å². The third-order valence-electron chi connectivity index (χ3n) is 2.98. The minimum Gasteiger partial charge on any atom is -0.391 e. The first-order valence-electron chi connectivity index (χ1n) is 5.08. The third kappa shape index (κ3) is 1.07. The number of fused-ring (bicyclic) bond motifs is 3. The Hall–Kier alpha value is -1.61. The first kappa shape index (κ1) is 8.68. The lowest BCUT2D eigenvalue weighted by molar-refractivity contribution is 0.152. The summed E-state index contributed by atoms with van der Waals surface area (Å²) in [6, 6.07) is 8.18.